The molecule has 3 nitrogen and oxygen atoms in total. The van der Waals surface area contributed by atoms with Crippen LogP contribution in [-0.4, -0.2) is 25.0 Å². The Morgan fingerprint density at radius 3 is 2.45 bits per heavy atom. The van der Waals surface area contributed by atoms with Crippen LogP contribution in [-0.2, 0) is 13.0 Å². The second-order valence-corrected chi connectivity index (χ2v) is 6.08. The molecule has 0 unspecified atom stereocenters. The molecule has 22 heavy (non-hydrogen) atoms. The second kappa shape index (κ2) is 7.45. The Balaban J connectivity index is 2.14. The smallest absolute Gasteiger partial charge is 0.254 e. The van der Waals surface area contributed by atoms with Crippen molar-refractivity contribution in [2.75, 3.05) is 14.2 Å². The fraction of sp³-hybridized carbons (Fsp3) is 0.278. The summed E-state index contributed by atoms with van der Waals surface area (Å²) in [4.78, 5) is 14.4. The fourth-order valence-corrected chi connectivity index (χ4v) is 2.75. The van der Waals surface area contributed by atoms with E-state index in [0.717, 1.165) is 33.3 Å². The number of carbonyl (C=O) groups is 1. The van der Waals surface area contributed by atoms with Crippen molar-refractivity contribution in [3.8, 4) is 5.75 Å². The van der Waals surface area contributed by atoms with E-state index in [-0.39, 0.29) is 5.91 Å². The molecule has 0 bridgehead atoms. The van der Waals surface area contributed by atoms with Crippen LogP contribution < -0.4 is 4.74 Å². The molecule has 0 saturated heterocycles. The summed E-state index contributed by atoms with van der Waals surface area (Å²) in [5.41, 5.74) is 2.90. The van der Waals surface area contributed by atoms with E-state index >= 15 is 0 Å². The van der Waals surface area contributed by atoms with Crippen molar-refractivity contribution < 1.29 is 9.53 Å². The first kappa shape index (κ1) is 16.6. The standard InChI is InChI=1S/C18H20BrNO2/c1-4-14-11-15(19)7-10-17(14)18(21)20(2)12-13-5-8-16(22-3)9-6-13/h5-11H,4,12H2,1-3H3. The Labute approximate surface area is 140 Å². The number of nitrogens with zero attached hydrogens (tertiary/aromatic N) is 1. The van der Waals surface area contributed by atoms with E-state index < -0.39 is 0 Å². The average Bonchev–Trinajstić information content (AvgIpc) is 2.54. The maximum Gasteiger partial charge on any atom is 0.254 e. The number of hydrogen-bond acceptors (Lipinski definition) is 2. The SMILES string of the molecule is CCc1cc(Br)ccc1C(=O)N(C)Cc1ccc(OC)cc1. The summed E-state index contributed by atoms with van der Waals surface area (Å²) in [6, 6.07) is 13.6. The molecule has 116 valence electrons. The van der Waals surface area contributed by atoms with Gasteiger partial charge in [-0.25, -0.2) is 0 Å². The van der Waals surface area contributed by atoms with Crippen LogP contribution in [0.4, 0.5) is 0 Å². The van der Waals surface area contributed by atoms with Crippen molar-refractivity contribution in [1.82, 2.24) is 4.90 Å². The first-order valence-electron chi connectivity index (χ1n) is 7.22. The summed E-state index contributed by atoms with van der Waals surface area (Å²) in [7, 11) is 3.47. The zero-order chi connectivity index (χ0) is 16.1. The Kier molecular flexibility index (Phi) is 5.61. The maximum absolute atomic E-state index is 12.6. The molecule has 2 rings (SSSR count). The van der Waals surface area contributed by atoms with E-state index in [1.54, 1.807) is 12.0 Å². The van der Waals surface area contributed by atoms with E-state index in [2.05, 4.69) is 22.9 Å². The first-order valence-corrected chi connectivity index (χ1v) is 8.01. The predicted octanol–water partition coefficient (Wildman–Crippen LogP) is 4.29. The lowest BCUT2D eigenvalue weighted by Crippen LogP contribution is -2.27. The number of halogens is 1. The van der Waals surface area contributed by atoms with Gasteiger partial charge in [-0.2, -0.15) is 0 Å². The average molecular weight is 362 g/mol. The zero-order valence-corrected chi connectivity index (χ0v) is 14.7. The van der Waals surface area contributed by atoms with E-state index in [1.807, 2.05) is 49.5 Å². The van der Waals surface area contributed by atoms with Gasteiger partial charge in [0.1, 0.15) is 5.75 Å². The fourth-order valence-electron chi connectivity index (χ4n) is 2.35. The van der Waals surface area contributed by atoms with Crippen LogP contribution >= 0.6 is 15.9 Å². The van der Waals surface area contributed by atoms with E-state index in [0.29, 0.717) is 6.54 Å². The van der Waals surface area contributed by atoms with Gasteiger partial charge in [-0.15, -0.1) is 0 Å². The highest BCUT2D eigenvalue weighted by molar-refractivity contribution is 9.10. The number of hydrogen-bond donors (Lipinski definition) is 0. The van der Waals surface area contributed by atoms with Crippen LogP contribution in [0.15, 0.2) is 46.9 Å². The first-order chi connectivity index (χ1) is 10.5. The predicted molar refractivity (Wildman–Crippen MR) is 92.3 cm³/mol. The molecule has 0 aliphatic heterocycles. The summed E-state index contributed by atoms with van der Waals surface area (Å²) >= 11 is 3.45. The lowest BCUT2D eigenvalue weighted by Gasteiger charge is -2.19. The van der Waals surface area contributed by atoms with Crippen LogP contribution in [0.2, 0.25) is 0 Å². The Hall–Kier alpha value is -1.81. The van der Waals surface area contributed by atoms with Gasteiger partial charge in [0, 0.05) is 23.6 Å². The summed E-state index contributed by atoms with van der Waals surface area (Å²) in [6.45, 7) is 2.63. The van der Waals surface area contributed by atoms with Crippen LogP contribution in [0.5, 0.6) is 5.75 Å². The normalized spacial score (nSPS) is 10.4. The third kappa shape index (κ3) is 3.89. The van der Waals surface area contributed by atoms with E-state index in [4.69, 9.17) is 4.74 Å². The molecule has 0 atom stereocenters. The van der Waals surface area contributed by atoms with Gasteiger partial charge in [0.2, 0.25) is 0 Å². The summed E-state index contributed by atoms with van der Waals surface area (Å²) in [6.07, 6.45) is 0.830. The van der Waals surface area contributed by atoms with E-state index in [1.165, 1.54) is 0 Å². The summed E-state index contributed by atoms with van der Waals surface area (Å²) in [5.74, 6) is 0.860. The maximum atomic E-state index is 12.6. The molecule has 0 aliphatic carbocycles. The lowest BCUT2D eigenvalue weighted by atomic mass is 10.0. The monoisotopic (exact) mass is 361 g/mol. The van der Waals surface area contributed by atoms with E-state index in [9.17, 15) is 4.79 Å². The van der Waals surface area contributed by atoms with Crippen molar-refractivity contribution in [3.63, 3.8) is 0 Å². The molecule has 0 N–H and O–H groups in total. The molecule has 0 saturated carbocycles. The van der Waals surface area contributed by atoms with Gasteiger partial charge in [-0.05, 0) is 47.9 Å². The lowest BCUT2D eigenvalue weighted by molar-refractivity contribution is 0.0784. The van der Waals surface area contributed by atoms with Crippen LogP contribution in [0, 0.1) is 0 Å². The largest absolute Gasteiger partial charge is 0.497 e. The number of methoxy groups -OCH3 is 1. The minimum Gasteiger partial charge on any atom is -0.497 e. The van der Waals surface area contributed by atoms with Gasteiger partial charge >= 0.3 is 0 Å². The molecule has 4 heteroatoms. The molecule has 0 radical (unpaired) electrons. The van der Waals surface area contributed by atoms with Crippen molar-refractivity contribution in [3.05, 3.63) is 63.6 Å². The van der Waals surface area contributed by atoms with Crippen LogP contribution in [0.1, 0.15) is 28.4 Å². The van der Waals surface area contributed by atoms with Crippen molar-refractivity contribution >= 4 is 21.8 Å². The minimum atomic E-state index is 0.0418. The second-order valence-electron chi connectivity index (χ2n) is 5.16. The molecule has 1 amide bonds. The molecule has 0 spiro atoms. The van der Waals surface area contributed by atoms with Gasteiger partial charge in [-0.1, -0.05) is 35.0 Å². The number of carbonyl (C=O) groups excluding carboxylic acids is 1. The third-order valence-electron chi connectivity index (χ3n) is 3.60. The van der Waals surface area contributed by atoms with Gasteiger partial charge < -0.3 is 9.64 Å². The number of rotatable bonds is 5. The van der Waals surface area contributed by atoms with Crippen molar-refractivity contribution in [2.24, 2.45) is 0 Å². The Bertz CT molecular complexity index is 653. The topological polar surface area (TPSA) is 29.5 Å². The highest BCUT2D eigenvalue weighted by Gasteiger charge is 2.15. The van der Waals surface area contributed by atoms with Crippen molar-refractivity contribution in [2.45, 2.75) is 19.9 Å². The molecule has 2 aromatic rings. The van der Waals surface area contributed by atoms with Gasteiger partial charge in [0.05, 0.1) is 7.11 Å². The number of ether oxygens (including phenoxy) is 1. The molecule has 2 aromatic carbocycles. The Morgan fingerprint density at radius 1 is 1.18 bits per heavy atom. The van der Waals surface area contributed by atoms with Crippen LogP contribution in [0.3, 0.4) is 0 Å². The highest BCUT2D eigenvalue weighted by atomic mass is 79.9. The minimum absolute atomic E-state index is 0.0418. The molecule has 0 aliphatic rings. The molecular weight excluding hydrogens is 342 g/mol. The summed E-state index contributed by atoms with van der Waals surface area (Å²) < 4.78 is 6.15. The molecular formula is C18H20BrNO2. The van der Waals surface area contributed by atoms with Gasteiger partial charge in [-0.3, -0.25) is 4.79 Å². The molecule has 0 aromatic heterocycles. The number of benzene rings is 2. The third-order valence-corrected chi connectivity index (χ3v) is 4.10. The highest BCUT2D eigenvalue weighted by Crippen LogP contribution is 2.20. The Morgan fingerprint density at radius 2 is 1.86 bits per heavy atom. The van der Waals surface area contributed by atoms with Crippen LogP contribution in [0.25, 0.3) is 0 Å². The number of amides is 1. The van der Waals surface area contributed by atoms with Gasteiger partial charge in [0.25, 0.3) is 5.91 Å². The summed E-state index contributed by atoms with van der Waals surface area (Å²) in [5, 5.41) is 0. The zero-order valence-electron chi connectivity index (χ0n) is 13.1. The number of aryl methyl sites for hydroxylation is 1. The van der Waals surface area contributed by atoms with Gasteiger partial charge in [0.15, 0.2) is 0 Å². The molecule has 0 heterocycles. The quantitative estimate of drug-likeness (QED) is 0.794. The molecule has 0 fully saturated rings. The van der Waals surface area contributed by atoms with Crippen molar-refractivity contribution in [1.29, 1.82) is 0 Å².